The molecule has 0 atom stereocenters. The van der Waals surface area contributed by atoms with Crippen LogP contribution in [0.25, 0.3) is 0 Å². The minimum atomic E-state index is 0.835. The van der Waals surface area contributed by atoms with Crippen LogP contribution in [0.1, 0.15) is 31.2 Å². The van der Waals surface area contributed by atoms with Crippen LogP contribution in [0.15, 0.2) is 36.4 Å². The lowest BCUT2D eigenvalue weighted by molar-refractivity contribution is 0.249. The summed E-state index contributed by atoms with van der Waals surface area (Å²) in [5.41, 5.74) is 1.39. The molecular weight excluding hydrogens is 334 g/mol. The molecule has 27 heavy (non-hydrogen) atoms. The van der Waals surface area contributed by atoms with Crippen LogP contribution < -0.4 is 9.80 Å². The smallest absolute Gasteiger partial charge is 0.134 e. The molecule has 0 saturated carbocycles. The predicted octanol–water partition coefficient (Wildman–Crippen LogP) is 3.34. The van der Waals surface area contributed by atoms with Gasteiger partial charge in [-0.1, -0.05) is 37.3 Å². The molecule has 5 heteroatoms. The zero-order chi connectivity index (χ0) is 18.6. The van der Waals surface area contributed by atoms with Crippen LogP contribution in [0.3, 0.4) is 0 Å². The summed E-state index contributed by atoms with van der Waals surface area (Å²) in [5, 5.41) is 0. The van der Waals surface area contributed by atoms with Crippen LogP contribution in [0, 0.1) is 12.8 Å². The van der Waals surface area contributed by atoms with E-state index in [2.05, 4.69) is 58.0 Å². The highest BCUT2D eigenvalue weighted by Gasteiger charge is 2.22. The van der Waals surface area contributed by atoms with Crippen LogP contribution in [0.4, 0.5) is 11.6 Å². The number of rotatable bonds is 4. The monoisotopic (exact) mass is 365 g/mol. The van der Waals surface area contributed by atoms with Crippen LogP contribution in [-0.4, -0.2) is 54.1 Å². The van der Waals surface area contributed by atoms with Gasteiger partial charge in [0.1, 0.15) is 17.5 Å². The van der Waals surface area contributed by atoms with Gasteiger partial charge in [-0.2, -0.15) is 0 Å². The predicted molar refractivity (Wildman–Crippen MR) is 111 cm³/mol. The van der Waals surface area contributed by atoms with Crippen molar-refractivity contribution < 1.29 is 0 Å². The molecule has 1 aromatic carbocycles. The van der Waals surface area contributed by atoms with Crippen LogP contribution in [0.2, 0.25) is 0 Å². The molecule has 0 radical (unpaired) electrons. The number of anilines is 2. The van der Waals surface area contributed by atoms with E-state index in [-0.39, 0.29) is 0 Å². The van der Waals surface area contributed by atoms with Gasteiger partial charge in [-0.3, -0.25) is 4.90 Å². The summed E-state index contributed by atoms with van der Waals surface area (Å²) in [7, 11) is 0. The second kappa shape index (κ2) is 8.26. The highest BCUT2D eigenvalue weighted by Crippen LogP contribution is 2.25. The topological polar surface area (TPSA) is 35.5 Å². The standard InChI is InChI=1S/C22H31N5/c1-18-8-10-26(11-9-18)21-16-22(24-19(2)23-21)27-14-12-25(13-15-27)17-20-6-4-3-5-7-20/h3-7,16,18H,8-15,17H2,1-2H3. The van der Waals surface area contributed by atoms with Crippen molar-refractivity contribution in [2.24, 2.45) is 5.92 Å². The van der Waals surface area contributed by atoms with E-state index in [1.807, 2.05) is 6.92 Å². The Bertz CT molecular complexity index is 732. The highest BCUT2D eigenvalue weighted by molar-refractivity contribution is 5.51. The Morgan fingerprint density at radius 1 is 0.852 bits per heavy atom. The Morgan fingerprint density at radius 3 is 2.07 bits per heavy atom. The lowest BCUT2D eigenvalue weighted by atomic mass is 9.99. The summed E-state index contributed by atoms with van der Waals surface area (Å²) in [4.78, 5) is 16.9. The minimum Gasteiger partial charge on any atom is -0.356 e. The van der Waals surface area contributed by atoms with Gasteiger partial charge in [0.2, 0.25) is 0 Å². The third-order valence-electron chi connectivity index (χ3n) is 5.86. The number of aromatic nitrogens is 2. The maximum atomic E-state index is 4.75. The van der Waals surface area contributed by atoms with Crippen molar-refractivity contribution in [3.63, 3.8) is 0 Å². The molecule has 0 unspecified atom stereocenters. The zero-order valence-corrected chi connectivity index (χ0v) is 16.6. The van der Waals surface area contributed by atoms with Gasteiger partial charge in [0, 0.05) is 51.9 Å². The molecule has 0 spiro atoms. The Balaban J connectivity index is 1.39. The van der Waals surface area contributed by atoms with Crippen molar-refractivity contribution in [2.75, 3.05) is 49.1 Å². The molecule has 4 rings (SSSR count). The fourth-order valence-corrected chi connectivity index (χ4v) is 4.07. The van der Waals surface area contributed by atoms with Crippen molar-refractivity contribution in [1.29, 1.82) is 0 Å². The van der Waals surface area contributed by atoms with E-state index in [9.17, 15) is 0 Å². The summed E-state index contributed by atoms with van der Waals surface area (Å²) in [6, 6.07) is 13.0. The first-order valence-electron chi connectivity index (χ1n) is 10.3. The Labute approximate surface area is 163 Å². The van der Waals surface area contributed by atoms with Gasteiger partial charge in [0.25, 0.3) is 0 Å². The van der Waals surface area contributed by atoms with Gasteiger partial charge in [0.15, 0.2) is 0 Å². The lowest BCUT2D eigenvalue weighted by Crippen LogP contribution is -2.46. The number of aryl methyl sites for hydroxylation is 1. The largest absolute Gasteiger partial charge is 0.356 e. The maximum absolute atomic E-state index is 4.75. The van der Waals surface area contributed by atoms with E-state index in [1.54, 1.807) is 0 Å². The van der Waals surface area contributed by atoms with E-state index in [1.165, 1.54) is 18.4 Å². The quantitative estimate of drug-likeness (QED) is 0.830. The summed E-state index contributed by atoms with van der Waals surface area (Å²) < 4.78 is 0. The zero-order valence-electron chi connectivity index (χ0n) is 16.6. The molecule has 1 aromatic heterocycles. The molecule has 2 aliphatic heterocycles. The van der Waals surface area contributed by atoms with Gasteiger partial charge in [-0.05, 0) is 31.2 Å². The fourth-order valence-electron chi connectivity index (χ4n) is 4.07. The molecule has 144 valence electrons. The second-order valence-corrected chi connectivity index (χ2v) is 8.05. The van der Waals surface area contributed by atoms with Gasteiger partial charge in [-0.15, -0.1) is 0 Å². The van der Waals surface area contributed by atoms with Crippen molar-refractivity contribution in [3.05, 3.63) is 47.8 Å². The van der Waals surface area contributed by atoms with Crippen molar-refractivity contribution in [2.45, 2.75) is 33.2 Å². The van der Waals surface area contributed by atoms with Crippen molar-refractivity contribution >= 4 is 11.6 Å². The number of hydrogen-bond donors (Lipinski definition) is 0. The maximum Gasteiger partial charge on any atom is 0.134 e. The molecule has 2 aliphatic rings. The SMILES string of the molecule is Cc1nc(N2CCC(C)CC2)cc(N2CCN(Cc3ccccc3)CC2)n1. The van der Waals surface area contributed by atoms with E-state index in [0.717, 1.165) is 69.2 Å². The highest BCUT2D eigenvalue weighted by atomic mass is 15.3. The third-order valence-corrected chi connectivity index (χ3v) is 5.86. The molecule has 2 aromatic rings. The average molecular weight is 366 g/mol. The molecule has 0 bridgehead atoms. The summed E-state index contributed by atoms with van der Waals surface area (Å²) in [6.07, 6.45) is 2.52. The van der Waals surface area contributed by atoms with Crippen molar-refractivity contribution in [3.8, 4) is 0 Å². The molecule has 3 heterocycles. The van der Waals surface area contributed by atoms with E-state index < -0.39 is 0 Å². The normalized spacial score (nSPS) is 19.5. The minimum absolute atomic E-state index is 0.835. The molecule has 2 fully saturated rings. The first-order valence-corrected chi connectivity index (χ1v) is 10.3. The summed E-state index contributed by atoms with van der Waals surface area (Å²) in [5.74, 6) is 3.92. The number of hydrogen-bond acceptors (Lipinski definition) is 5. The first kappa shape index (κ1) is 18.2. The van der Waals surface area contributed by atoms with E-state index in [0.29, 0.717) is 0 Å². The van der Waals surface area contributed by atoms with Crippen LogP contribution in [0.5, 0.6) is 0 Å². The summed E-state index contributed by atoms with van der Waals surface area (Å²) >= 11 is 0. The molecule has 0 amide bonds. The van der Waals surface area contributed by atoms with E-state index >= 15 is 0 Å². The van der Waals surface area contributed by atoms with Crippen LogP contribution in [-0.2, 0) is 6.54 Å². The molecule has 0 N–H and O–H groups in total. The second-order valence-electron chi connectivity index (χ2n) is 8.05. The lowest BCUT2D eigenvalue weighted by Gasteiger charge is -2.36. The molecule has 2 saturated heterocycles. The average Bonchev–Trinajstić information content (AvgIpc) is 2.69. The molecule has 5 nitrogen and oxygen atoms in total. The number of nitrogens with zero attached hydrogens (tertiary/aromatic N) is 5. The Kier molecular flexibility index (Phi) is 5.58. The fraction of sp³-hybridized carbons (Fsp3) is 0.545. The first-order chi connectivity index (χ1) is 13.2. The Hall–Kier alpha value is -2.14. The molecule has 0 aliphatic carbocycles. The van der Waals surface area contributed by atoms with E-state index in [4.69, 9.17) is 9.97 Å². The van der Waals surface area contributed by atoms with Gasteiger partial charge >= 0.3 is 0 Å². The number of benzene rings is 1. The van der Waals surface area contributed by atoms with Gasteiger partial charge < -0.3 is 9.80 Å². The molecular formula is C22H31N5. The van der Waals surface area contributed by atoms with Crippen molar-refractivity contribution in [1.82, 2.24) is 14.9 Å². The van der Waals surface area contributed by atoms with Gasteiger partial charge in [-0.25, -0.2) is 9.97 Å². The Morgan fingerprint density at radius 2 is 1.44 bits per heavy atom. The summed E-state index contributed by atoms with van der Waals surface area (Å²) in [6.45, 7) is 11.8. The third kappa shape index (κ3) is 4.59. The van der Waals surface area contributed by atoms with Gasteiger partial charge in [0.05, 0.1) is 0 Å². The van der Waals surface area contributed by atoms with Crippen LogP contribution >= 0.6 is 0 Å². The number of piperidine rings is 1. The number of piperazine rings is 1.